The number of nitrogens with zero attached hydrogens (tertiary/aromatic N) is 1. The number of ether oxygens (including phenoxy) is 2. The number of likely N-dealkylation sites (tertiary alicyclic amines) is 1. The van der Waals surface area contributed by atoms with Crippen molar-refractivity contribution in [3.05, 3.63) is 29.8 Å². The van der Waals surface area contributed by atoms with Crippen LogP contribution in [0.2, 0.25) is 0 Å². The molecule has 1 aliphatic carbocycles. The molecule has 0 bridgehead atoms. The second-order valence-electron chi connectivity index (χ2n) is 7.05. The van der Waals surface area contributed by atoms with Crippen molar-refractivity contribution in [2.75, 3.05) is 13.2 Å². The number of amides is 2. The van der Waals surface area contributed by atoms with Gasteiger partial charge < -0.3 is 9.47 Å². The Hall–Kier alpha value is -2.37. The van der Waals surface area contributed by atoms with Gasteiger partial charge in [-0.25, -0.2) is 4.79 Å². The zero-order valence-corrected chi connectivity index (χ0v) is 15.3. The molecule has 3 rings (SSSR count). The van der Waals surface area contributed by atoms with E-state index in [0.29, 0.717) is 5.75 Å². The molecule has 6 nitrogen and oxygen atoms in total. The lowest BCUT2D eigenvalue weighted by atomic mass is 9.81. The van der Waals surface area contributed by atoms with Gasteiger partial charge in [-0.2, -0.15) is 0 Å². The molecule has 0 N–H and O–H groups in total. The average molecular weight is 359 g/mol. The Bertz CT molecular complexity index is 677. The van der Waals surface area contributed by atoms with Gasteiger partial charge in [-0.05, 0) is 44.4 Å². The van der Waals surface area contributed by atoms with Gasteiger partial charge in [-0.1, -0.05) is 25.0 Å². The minimum absolute atomic E-state index is 0.0696. The van der Waals surface area contributed by atoms with Gasteiger partial charge in [-0.15, -0.1) is 0 Å². The van der Waals surface area contributed by atoms with Crippen molar-refractivity contribution >= 4 is 17.8 Å². The molecule has 26 heavy (non-hydrogen) atoms. The summed E-state index contributed by atoms with van der Waals surface area (Å²) in [6.07, 6.45) is 3.39. The van der Waals surface area contributed by atoms with Gasteiger partial charge in [0.25, 0.3) is 0 Å². The molecule has 2 aliphatic rings. The van der Waals surface area contributed by atoms with Crippen molar-refractivity contribution in [1.29, 1.82) is 0 Å². The summed E-state index contributed by atoms with van der Waals surface area (Å²) in [6, 6.07) is 6.70. The summed E-state index contributed by atoms with van der Waals surface area (Å²) in [7, 11) is 0. The normalized spacial score (nSPS) is 23.5. The van der Waals surface area contributed by atoms with Gasteiger partial charge >= 0.3 is 5.97 Å². The van der Waals surface area contributed by atoms with E-state index in [1.54, 1.807) is 6.92 Å². The Morgan fingerprint density at radius 1 is 1.15 bits per heavy atom. The standard InChI is InChI=1S/C20H25NO5/c1-13-6-5-7-15(12-13)25-10-11-26-20(24)14(2)21-18(22)16-8-3-4-9-17(16)19(21)23/h5-7,12,14,16-17H,3-4,8-11H2,1-2H3. The summed E-state index contributed by atoms with van der Waals surface area (Å²) >= 11 is 0. The van der Waals surface area contributed by atoms with Gasteiger partial charge in [-0.3, -0.25) is 14.5 Å². The highest BCUT2D eigenvalue weighted by Gasteiger charge is 2.51. The van der Waals surface area contributed by atoms with Crippen LogP contribution in [0.1, 0.15) is 38.2 Å². The molecular formula is C20H25NO5. The first kappa shape index (κ1) is 18.4. The van der Waals surface area contributed by atoms with E-state index in [9.17, 15) is 14.4 Å². The van der Waals surface area contributed by atoms with Crippen molar-refractivity contribution in [3.63, 3.8) is 0 Å². The average Bonchev–Trinajstić information content (AvgIpc) is 2.89. The number of hydrogen-bond donors (Lipinski definition) is 0. The summed E-state index contributed by atoms with van der Waals surface area (Å²) in [5.41, 5.74) is 1.08. The molecule has 1 aromatic carbocycles. The van der Waals surface area contributed by atoms with Crippen molar-refractivity contribution in [1.82, 2.24) is 4.90 Å². The van der Waals surface area contributed by atoms with Crippen LogP contribution in [-0.2, 0) is 19.1 Å². The van der Waals surface area contributed by atoms with E-state index in [2.05, 4.69) is 0 Å². The maximum absolute atomic E-state index is 12.5. The van der Waals surface area contributed by atoms with Gasteiger partial charge in [0.1, 0.15) is 25.0 Å². The zero-order chi connectivity index (χ0) is 18.7. The fourth-order valence-corrected chi connectivity index (χ4v) is 3.80. The lowest BCUT2D eigenvalue weighted by Gasteiger charge is -2.21. The molecule has 6 heteroatoms. The first-order chi connectivity index (χ1) is 12.5. The number of carbonyl (C=O) groups excluding carboxylic acids is 3. The molecular weight excluding hydrogens is 334 g/mol. The third-order valence-corrected chi connectivity index (χ3v) is 5.19. The SMILES string of the molecule is Cc1cccc(OCCOC(=O)C(C)N2C(=O)C3CCCCC3C2=O)c1. The number of esters is 1. The summed E-state index contributed by atoms with van der Waals surface area (Å²) < 4.78 is 10.7. The molecule has 1 aromatic rings. The molecule has 1 aliphatic heterocycles. The van der Waals surface area contributed by atoms with Crippen LogP contribution in [0.4, 0.5) is 0 Å². The van der Waals surface area contributed by atoms with Gasteiger partial charge in [0.2, 0.25) is 11.8 Å². The molecule has 3 atom stereocenters. The van der Waals surface area contributed by atoms with Crippen molar-refractivity contribution in [2.45, 2.75) is 45.6 Å². The zero-order valence-electron chi connectivity index (χ0n) is 15.3. The molecule has 140 valence electrons. The number of rotatable bonds is 6. The van der Waals surface area contributed by atoms with E-state index in [1.165, 1.54) is 0 Å². The van der Waals surface area contributed by atoms with Crippen LogP contribution in [0, 0.1) is 18.8 Å². The third-order valence-electron chi connectivity index (χ3n) is 5.19. The topological polar surface area (TPSA) is 72.9 Å². The Balaban J connectivity index is 1.50. The number of carbonyl (C=O) groups is 3. The first-order valence-electron chi connectivity index (χ1n) is 9.22. The fourth-order valence-electron chi connectivity index (χ4n) is 3.80. The monoisotopic (exact) mass is 359 g/mol. The van der Waals surface area contributed by atoms with Crippen LogP contribution < -0.4 is 4.74 Å². The molecule has 3 unspecified atom stereocenters. The highest BCUT2D eigenvalue weighted by molar-refractivity contribution is 6.07. The Morgan fingerprint density at radius 3 is 2.42 bits per heavy atom. The van der Waals surface area contributed by atoms with E-state index in [-0.39, 0.29) is 36.9 Å². The van der Waals surface area contributed by atoms with E-state index >= 15 is 0 Å². The predicted molar refractivity (Wildman–Crippen MR) is 94.4 cm³/mol. The van der Waals surface area contributed by atoms with Crippen LogP contribution in [-0.4, -0.2) is 41.9 Å². The molecule has 2 amide bonds. The number of imide groups is 1. The third kappa shape index (κ3) is 3.74. The lowest BCUT2D eigenvalue weighted by molar-refractivity contribution is -0.158. The molecule has 1 saturated heterocycles. The summed E-state index contributed by atoms with van der Waals surface area (Å²) in [6.45, 7) is 3.81. The van der Waals surface area contributed by atoms with Gasteiger partial charge in [0.05, 0.1) is 11.8 Å². The van der Waals surface area contributed by atoms with Crippen molar-refractivity contribution in [2.24, 2.45) is 11.8 Å². The molecule has 0 spiro atoms. The van der Waals surface area contributed by atoms with Crippen LogP contribution in [0.3, 0.4) is 0 Å². The van der Waals surface area contributed by atoms with Crippen molar-refractivity contribution in [3.8, 4) is 5.75 Å². The van der Waals surface area contributed by atoms with Crippen LogP contribution in [0.15, 0.2) is 24.3 Å². The lowest BCUT2D eigenvalue weighted by Crippen LogP contribution is -2.44. The maximum Gasteiger partial charge on any atom is 0.329 e. The van der Waals surface area contributed by atoms with Gasteiger partial charge in [0, 0.05) is 0 Å². The largest absolute Gasteiger partial charge is 0.490 e. The minimum atomic E-state index is -0.889. The molecule has 0 radical (unpaired) electrons. The second-order valence-corrected chi connectivity index (χ2v) is 7.05. The van der Waals surface area contributed by atoms with E-state index in [1.807, 2.05) is 31.2 Å². The molecule has 0 aromatic heterocycles. The summed E-state index contributed by atoms with van der Waals surface area (Å²) in [5, 5.41) is 0. The number of aryl methyl sites for hydroxylation is 1. The number of benzene rings is 1. The molecule has 2 fully saturated rings. The Morgan fingerprint density at radius 2 is 1.81 bits per heavy atom. The Labute approximate surface area is 153 Å². The minimum Gasteiger partial charge on any atom is -0.490 e. The summed E-state index contributed by atoms with van der Waals surface area (Å²) in [4.78, 5) is 38.4. The van der Waals surface area contributed by atoms with Crippen LogP contribution in [0.5, 0.6) is 5.75 Å². The highest BCUT2D eigenvalue weighted by atomic mass is 16.6. The first-order valence-corrected chi connectivity index (χ1v) is 9.22. The van der Waals surface area contributed by atoms with Gasteiger partial charge in [0.15, 0.2) is 0 Å². The number of hydrogen-bond acceptors (Lipinski definition) is 5. The second kappa shape index (κ2) is 7.89. The maximum atomic E-state index is 12.5. The van der Waals surface area contributed by atoms with E-state index < -0.39 is 12.0 Å². The van der Waals surface area contributed by atoms with Crippen LogP contribution in [0.25, 0.3) is 0 Å². The van der Waals surface area contributed by atoms with E-state index in [0.717, 1.165) is 36.1 Å². The quantitative estimate of drug-likeness (QED) is 0.443. The summed E-state index contributed by atoms with van der Waals surface area (Å²) in [5.74, 6) is -0.811. The number of fused-ring (bicyclic) bond motifs is 1. The fraction of sp³-hybridized carbons (Fsp3) is 0.550. The highest BCUT2D eigenvalue weighted by Crippen LogP contribution is 2.38. The Kier molecular flexibility index (Phi) is 5.59. The molecule has 1 saturated carbocycles. The van der Waals surface area contributed by atoms with Crippen molar-refractivity contribution < 1.29 is 23.9 Å². The van der Waals surface area contributed by atoms with Crippen LogP contribution >= 0.6 is 0 Å². The molecule has 1 heterocycles. The van der Waals surface area contributed by atoms with E-state index in [4.69, 9.17) is 9.47 Å². The smallest absolute Gasteiger partial charge is 0.329 e. The predicted octanol–water partition coefficient (Wildman–Crippen LogP) is 2.48.